The minimum atomic E-state index is -0.0767. The Labute approximate surface area is 204 Å². The van der Waals surface area contributed by atoms with E-state index < -0.39 is 0 Å². The molecule has 3 aromatic heterocycles. The molecule has 0 N–H and O–H groups in total. The first-order chi connectivity index (χ1) is 16.8. The van der Waals surface area contributed by atoms with Crippen LogP contribution in [-0.4, -0.2) is 54.4 Å². The lowest BCUT2D eigenvalue weighted by Gasteiger charge is -2.47. The molecule has 1 fully saturated rings. The van der Waals surface area contributed by atoms with Crippen molar-refractivity contribution < 1.29 is 0 Å². The van der Waals surface area contributed by atoms with Gasteiger partial charge >= 0.3 is 0 Å². The van der Waals surface area contributed by atoms with Gasteiger partial charge in [-0.15, -0.1) is 0 Å². The van der Waals surface area contributed by atoms with Crippen molar-refractivity contribution in [1.82, 2.24) is 29.2 Å². The molecule has 0 amide bonds. The zero-order valence-electron chi connectivity index (χ0n) is 20.8. The highest BCUT2D eigenvalue weighted by Crippen LogP contribution is 2.33. The van der Waals surface area contributed by atoms with E-state index in [4.69, 9.17) is 5.26 Å². The third-order valence-electron chi connectivity index (χ3n) is 7.18. The molecule has 4 aromatic rings. The molecule has 1 unspecified atom stereocenters. The number of piperazine rings is 1. The summed E-state index contributed by atoms with van der Waals surface area (Å²) in [7, 11) is 1.74. The number of nitrogens with zero attached hydrogens (tertiary/aromatic N) is 8. The first-order valence-corrected chi connectivity index (χ1v) is 12.0. The molecular formula is C26H30N8O. The quantitative estimate of drug-likeness (QED) is 0.452. The first-order valence-electron chi connectivity index (χ1n) is 12.0. The van der Waals surface area contributed by atoms with Crippen LogP contribution in [-0.2, 0) is 13.6 Å². The van der Waals surface area contributed by atoms with Crippen molar-refractivity contribution in [1.29, 1.82) is 5.26 Å². The van der Waals surface area contributed by atoms with Crippen LogP contribution in [0.15, 0.2) is 41.5 Å². The Morgan fingerprint density at radius 1 is 1.17 bits per heavy atom. The summed E-state index contributed by atoms with van der Waals surface area (Å²) in [5.74, 6) is 0. The number of pyridine rings is 1. The van der Waals surface area contributed by atoms with Crippen molar-refractivity contribution in [3.8, 4) is 6.07 Å². The molecule has 1 aliphatic rings. The van der Waals surface area contributed by atoms with Gasteiger partial charge in [0.25, 0.3) is 5.56 Å². The smallest absolute Gasteiger partial charge is 0.252 e. The number of fused-ring (bicyclic) bond motifs is 2. The lowest BCUT2D eigenvalue weighted by Crippen LogP contribution is -2.57. The Kier molecular flexibility index (Phi) is 5.77. The van der Waals surface area contributed by atoms with Crippen molar-refractivity contribution in [2.75, 3.05) is 18.0 Å². The highest BCUT2D eigenvalue weighted by Gasteiger charge is 2.34. The lowest BCUT2D eigenvalue weighted by atomic mass is 9.99. The topological polar surface area (TPSA) is 95.9 Å². The Hall–Kier alpha value is -3.77. The van der Waals surface area contributed by atoms with Gasteiger partial charge in [-0.3, -0.25) is 19.4 Å². The van der Waals surface area contributed by atoms with Gasteiger partial charge in [0.15, 0.2) is 0 Å². The maximum atomic E-state index is 12.8. The van der Waals surface area contributed by atoms with Crippen LogP contribution >= 0.6 is 0 Å². The van der Waals surface area contributed by atoms with E-state index in [1.807, 2.05) is 13.1 Å². The van der Waals surface area contributed by atoms with Gasteiger partial charge in [0, 0.05) is 50.5 Å². The van der Waals surface area contributed by atoms with Gasteiger partial charge in [0.05, 0.1) is 40.2 Å². The maximum absolute atomic E-state index is 12.8. The number of benzene rings is 1. The normalized spacial score (nSPS) is 19.8. The third-order valence-corrected chi connectivity index (χ3v) is 7.18. The molecule has 3 atom stereocenters. The van der Waals surface area contributed by atoms with E-state index in [1.165, 1.54) is 5.56 Å². The van der Waals surface area contributed by atoms with E-state index in [1.54, 1.807) is 28.6 Å². The van der Waals surface area contributed by atoms with Crippen LogP contribution in [0.25, 0.3) is 22.1 Å². The van der Waals surface area contributed by atoms with Gasteiger partial charge in [0.1, 0.15) is 12.1 Å². The molecule has 0 spiro atoms. The number of nitriles is 1. The summed E-state index contributed by atoms with van der Waals surface area (Å²) in [5, 5.41) is 13.7. The summed E-state index contributed by atoms with van der Waals surface area (Å²) in [5.41, 5.74) is 6.22. The average molecular weight is 471 g/mol. The molecule has 1 saturated heterocycles. The number of hydrogen-bond acceptors (Lipinski definition) is 7. The second-order valence-electron chi connectivity index (χ2n) is 9.63. The van der Waals surface area contributed by atoms with Crippen LogP contribution in [0.1, 0.15) is 38.1 Å². The van der Waals surface area contributed by atoms with Crippen LogP contribution in [0.2, 0.25) is 0 Å². The zero-order valence-corrected chi connectivity index (χ0v) is 20.8. The van der Waals surface area contributed by atoms with E-state index in [2.05, 4.69) is 69.9 Å². The predicted octanol–water partition coefficient (Wildman–Crippen LogP) is 3.17. The highest BCUT2D eigenvalue weighted by molar-refractivity contribution is 5.88. The summed E-state index contributed by atoms with van der Waals surface area (Å²) < 4.78 is 3.19. The Morgan fingerprint density at radius 3 is 2.74 bits per heavy atom. The van der Waals surface area contributed by atoms with Crippen molar-refractivity contribution in [3.63, 3.8) is 0 Å². The van der Waals surface area contributed by atoms with Crippen molar-refractivity contribution >= 4 is 27.8 Å². The molecule has 0 aliphatic carbocycles. The van der Waals surface area contributed by atoms with Gasteiger partial charge in [-0.2, -0.15) is 10.4 Å². The second-order valence-corrected chi connectivity index (χ2v) is 9.63. The van der Waals surface area contributed by atoms with Crippen LogP contribution < -0.4 is 10.5 Å². The Morgan fingerprint density at radius 2 is 1.97 bits per heavy atom. The minimum absolute atomic E-state index is 0.0767. The highest BCUT2D eigenvalue weighted by atomic mass is 16.1. The SMILES string of the molecule is Cc1cnc2cc(C(C)N3C[C@H](C)N(c4cc(=O)n(C)c5cn(CC#N)nc45)C[C@H]3C)ccc2n1. The Bertz CT molecular complexity index is 1510. The summed E-state index contributed by atoms with van der Waals surface area (Å²) in [4.78, 5) is 26.7. The summed E-state index contributed by atoms with van der Waals surface area (Å²) in [6, 6.07) is 10.8. The molecule has 0 bridgehead atoms. The second kappa shape index (κ2) is 8.78. The zero-order chi connectivity index (χ0) is 24.9. The number of rotatable bonds is 4. The molecule has 1 aromatic carbocycles. The molecule has 35 heavy (non-hydrogen) atoms. The van der Waals surface area contributed by atoms with Crippen molar-refractivity contribution in [2.45, 2.75) is 52.4 Å². The molecule has 9 heteroatoms. The van der Waals surface area contributed by atoms with Crippen molar-refractivity contribution in [2.24, 2.45) is 7.05 Å². The molecule has 5 rings (SSSR count). The molecule has 1 aliphatic heterocycles. The fraction of sp³-hybridized carbons (Fsp3) is 0.423. The molecule has 180 valence electrons. The monoisotopic (exact) mass is 470 g/mol. The molecule has 9 nitrogen and oxygen atoms in total. The van der Waals surface area contributed by atoms with Crippen LogP contribution in [0.5, 0.6) is 0 Å². The standard InChI is InChI=1S/C26H30N8O/c1-16-12-28-22-10-20(6-7-21(22)29-16)19(4)33-13-18(3)34(14-17(33)2)23-11-25(35)31(5)24-15-32(9-8-27)30-26(23)24/h6-7,10-12,15,17-19H,9,13-14H2,1-5H3/t17-,18+,19?/m1/s1. The predicted molar refractivity (Wildman–Crippen MR) is 136 cm³/mol. The molecule has 4 heterocycles. The molecule has 0 saturated carbocycles. The summed E-state index contributed by atoms with van der Waals surface area (Å²) >= 11 is 0. The third kappa shape index (κ3) is 4.04. The van der Waals surface area contributed by atoms with Crippen molar-refractivity contribution in [3.05, 3.63) is 58.3 Å². The maximum Gasteiger partial charge on any atom is 0.252 e. The van der Waals surface area contributed by atoms with Gasteiger partial charge in [-0.05, 0) is 45.4 Å². The van der Waals surface area contributed by atoms with E-state index >= 15 is 0 Å². The number of aryl methyl sites for hydroxylation is 2. The van der Waals surface area contributed by atoms with E-state index in [-0.39, 0.29) is 30.2 Å². The van der Waals surface area contributed by atoms with Crippen LogP contribution in [0, 0.1) is 18.3 Å². The summed E-state index contributed by atoms with van der Waals surface area (Å²) in [6.07, 6.45) is 3.59. The van der Waals surface area contributed by atoms with Gasteiger partial charge in [0.2, 0.25) is 0 Å². The van der Waals surface area contributed by atoms with E-state index in [0.29, 0.717) is 0 Å². The van der Waals surface area contributed by atoms with Gasteiger partial charge < -0.3 is 9.47 Å². The van der Waals surface area contributed by atoms with E-state index in [0.717, 1.165) is 46.5 Å². The largest absolute Gasteiger partial charge is 0.364 e. The van der Waals surface area contributed by atoms with Crippen LogP contribution in [0.4, 0.5) is 5.69 Å². The van der Waals surface area contributed by atoms with Gasteiger partial charge in [-0.25, -0.2) is 4.98 Å². The van der Waals surface area contributed by atoms with Crippen LogP contribution in [0.3, 0.4) is 0 Å². The van der Waals surface area contributed by atoms with Gasteiger partial charge in [-0.1, -0.05) is 6.07 Å². The number of hydrogen-bond donors (Lipinski definition) is 0. The lowest BCUT2D eigenvalue weighted by molar-refractivity contribution is 0.119. The number of aromatic nitrogens is 5. The van der Waals surface area contributed by atoms with E-state index in [9.17, 15) is 4.79 Å². The first kappa shape index (κ1) is 23.0. The average Bonchev–Trinajstić information content (AvgIpc) is 3.26. The minimum Gasteiger partial charge on any atom is -0.364 e. The molecule has 0 radical (unpaired) electrons. The number of anilines is 1. The fourth-order valence-electron chi connectivity index (χ4n) is 5.21. The Balaban J connectivity index is 1.44. The fourth-order valence-corrected chi connectivity index (χ4v) is 5.21. The summed E-state index contributed by atoms with van der Waals surface area (Å²) in [6.45, 7) is 10.4. The molecular weight excluding hydrogens is 440 g/mol.